The number of amides is 1. The van der Waals surface area contributed by atoms with Gasteiger partial charge in [-0.25, -0.2) is 13.4 Å². The maximum Gasteiger partial charge on any atom is 0.263 e. The summed E-state index contributed by atoms with van der Waals surface area (Å²) in [5, 5.41) is 4.63. The van der Waals surface area contributed by atoms with Crippen molar-refractivity contribution in [1.82, 2.24) is 4.98 Å². The molecule has 0 saturated heterocycles. The summed E-state index contributed by atoms with van der Waals surface area (Å²) in [5.74, 6) is 0.953. The molecule has 1 aliphatic heterocycles. The predicted molar refractivity (Wildman–Crippen MR) is 109 cm³/mol. The lowest BCUT2D eigenvalue weighted by molar-refractivity contribution is -0.115. The summed E-state index contributed by atoms with van der Waals surface area (Å²) >= 11 is 1.12. The van der Waals surface area contributed by atoms with Gasteiger partial charge in [-0.15, -0.1) is 11.3 Å². The lowest BCUT2D eigenvalue weighted by Crippen LogP contribution is -2.17. The summed E-state index contributed by atoms with van der Waals surface area (Å²) in [6.45, 7) is 0.962. The molecule has 3 aromatic rings. The lowest BCUT2D eigenvalue weighted by Gasteiger charge is -2.18. The molecule has 0 atom stereocenters. The molecule has 4 rings (SSSR count). The van der Waals surface area contributed by atoms with Crippen LogP contribution in [0.15, 0.2) is 58.8 Å². The number of anilines is 2. The Balaban J connectivity index is 1.38. The highest BCUT2D eigenvalue weighted by molar-refractivity contribution is 7.93. The van der Waals surface area contributed by atoms with Gasteiger partial charge in [0.1, 0.15) is 13.2 Å². The largest absolute Gasteiger partial charge is 0.486 e. The van der Waals surface area contributed by atoms with Crippen LogP contribution in [0.5, 0.6) is 11.5 Å². The topological polar surface area (TPSA) is 107 Å². The van der Waals surface area contributed by atoms with E-state index in [4.69, 9.17) is 9.47 Å². The Morgan fingerprint density at radius 2 is 1.83 bits per heavy atom. The molecule has 1 aromatic heterocycles. The van der Waals surface area contributed by atoms with Crippen LogP contribution in [0.2, 0.25) is 0 Å². The van der Waals surface area contributed by atoms with Crippen LogP contribution < -0.4 is 19.5 Å². The van der Waals surface area contributed by atoms with E-state index in [2.05, 4.69) is 15.0 Å². The van der Waals surface area contributed by atoms with E-state index < -0.39 is 10.0 Å². The van der Waals surface area contributed by atoms with Crippen molar-refractivity contribution >= 4 is 38.1 Å². The number of ether oxygens (including phenoxy) is 2. The number of nitrogens with one attached hydrogen (secondary N) is 2. The Labute approximate surface area is 171 Å². The second kappa shape index (κ2) is 8.10. The fourth-order valence-electron chi connectivity index (χ4n) is 2.70. The molecule has 0 unspecified atom stereocenters. The number of carbonyl (C=O) groups is 1. The first-order valence-corrected chi connectivity index (χ1v) is 11.1. The highest BCUT2D eigenvalue weighted by Gasteiger charge is 2.17. The minimum atomic E-state index is -3.71. The third-order valence-corrected chi connectivity index (χ3v) is 6.29. The molecule has 2 aromatic carbocycles. The van der Waals surface area contributed by atoms with Crippen LogP contribution in [-0.4, -0.2) is 32.5 Å². The van der Waals surface area contributed by atoms with E-state index in [0.29, 0.717) is 36.1 Å². The maximum absolute atomic E-state index is 12.3. The van der Waals surface area contributed by atoms with Gasteiger partial charge in [-0.05, 0) is 24.3 Å². The van der Waals surface area contributed by atoms with Gasteiger partial charge in [-0.3, -0.25) is 9.52 Å². The van der Waals surface area contributed by atoms with Crippen molar-refractivity contribution in [1.29, 1.82) is 0 Å². The number of hydrogen-bond acceptors (Lipinski definition) is 7. The Morgan fingerprint density at radius 3 is 2.62 bits per heavy atom. The Bertz CT molecular complexity index is 1130. The SMILES string of the molecule is O=C(Cc1csc(NS(=O)(=O)c2ccccc2)n1)Nc1ccc2c(c1)OCCO2. The van der Waals surface area contributed by atoms with Gasteiger partial charge in [-0.2, -0.15) is 0 Å². The first kappa shape index (κ1) is 19.2. The summed E-state index contributed by atoms with van der Waals surface area (Å²) in [5.41, 5.74) is 1.05. The molecule has 0 fully saturated rings. The van der Waals surface area contributed by atoms with Crippen molar-refractivity contribution in [3.8, 4) is 11.5 Å². The standard InChI is InChI=1S/C19H17N3O5S2/c23-18(20-13-6-7-16-17(10-13)27-9-8-26-16)11-14-12-28-19(21-14)22-29(24,25)15-4-2-1-3-5-15/h1-7,10,12H,8-9,11H2,(H,20,23)(H,21,22). The molecule has 150 valence electrons. The van der Waals surface area contributed by atoms with E-state index in [9.17, 15) is 13.2 Å². The van der Waals surface area contributed by atoms with Crippen LogP contribution in [-0.2, 0) is 21.2 Å². The molecule has 2 heterocycles. The van der Waals surface area contributed by atoms with Gasteiger partial charge < -0.3 is 14.8 Å². The molecular formula is C19H17N3O5S2. The summed E-state index contributed by atoms with van der Waals surface area (Å²) in [6.07, 6.45) is 0.0119. The van der Waals surface area contributed by atoms with Gasteiger partial charge in [-0.1, -0.05) is 18.2 Å². The van der Waals surface area contributed by atoms with Crippen molar-refractivity contribution in [3.05, 3.63) is 59.6 Å². The zero-order valence-corrected chi connectivity index (χ0v) is 16.8. The molecule has 0 radical (unpaired) electrons. The number of fused-ring (bicyclic) bond motifs is 1. The molecule has 1 amide bonds. The highest BCUT2D eigenvalue weighted by Crippen LogP contribution is 2.32. The summed E-state index contributed by atoms with van der Waals surface area (Å²) in [6, 6.07) is 13.2. The maximum atomic E-state index is 12.3. The molecule has 1 aliphatic rings. The second-order valence-electron chi connectivity index (χ2n) is 6.15. The van der Waals surface area contributed by atoms with Crippen LogP contribution in [0, 0.1) is 0 Å². The fraction of sp³-hybridized carbons (Fsp3) is 0.158. The van der Waals surface area contributed by atoms with Gasteiger partial charge in [0.2, 0.25) is 5.91 Å². The minimum Gasteiger partial charge on any atom is -0.486 e. The van der Waals surface area contributed by atoms with Gasteiger partial charge in [0, 0.05) is 17.1 Å². The first-order valence-electron chi connectivity index (χ1n) is 8.71. The van der Waals surface area contributed by atoms with Crippen LogP contribution in [0.25, 0.3) is 0 Å². The normalized spacial score (nSPS) is 13.0. The molecular weight excluding hydrogens is 414 g/mol. The average molecular weight is 431 g/mol. The quantitative estimate of drug-likeness (QED) is 0.622. The first-order chi connectivity index (χ1) is 14.0. The molecule has 8 nitrogen and oxygen atoms in total. The predicted octanol–water partition coefficient (Wildman–Crippen LogP) is 2.90. The molecule has 29 heavy (non-hydrogen) atoms. The third kappa shape index (κ3) is 4.66. The van der Waals surface area contributed by atoms with Crippen LogP contribution in [0.1, 0.15) is 5.69 Å². The van der Waals surface area contributed by atoms with Crippen molar-refractivity contribution in [2.24, 2.45) is 0 Å². The van der Waals surface area contributed by atoms with Gasteiger partial charge in [0.15, 0.2) is 16.6 Å². The Hall–Kier alpha value is -3.11. The van der Waals surface area contributed by atoms with Gasteiger partial charge in [0.25, 0.3) is 10.0 Å². The molecule has 0 spiro atoms. The molecule has 2 N–H and O–H groups in total. The number of hydrogen-bond donors (Lipinski definition) is 2. The fourth-order valence-corrected chi connectivity index (χ4v) is 4.68. The van der Waals surface area contributed by atoms with E-state index in [1.807, 2.05) is 0 Å². The summed E-state index contributed by atoms with van der Waals surface area (Å²) in [4.78, 5) is 16.7. The van der Waals surface area contributed by atoms with Crippen LogP contribution in [0.4, 0.5) is 10.8 Å². The van der Waals surface area contributed by atoms with E-state index in [-0.39, 0.29) is 22.4 Å². The number of carbonyl (C=O) groups excluding carboxylic acids is 1. The number of thiazole rings is 1. The summed E-state index contributed by atoms with van der Waals surface area (Å²) in [7, 11) is -3.71. The minimum absolute atomic E-state index is 0.0119. The molecule has 0 aliphatic carbocycles. The van der Waals surface area contributed by atoms with E-state index in [1.54, 1.807) is 41.8 Å². The molecule has 0 saturated carbocycles. The van der Waals surface area contributed by atoms with E-state index in [1.165, 1.54) is 12.1 Å². The number of sulfonamides is 1. The smallest absolute Gasteiger partial charge is 0.263 e. The number of nitrogens with zero attached hydrogens (tertiary/aromatic N) is 1. The van der Waals surface area contributed by atoms with Gasteiger partial charge in [0.05, 0.1) is 17.0 Å². The number of rotatable bonds is 6. The molecule has 0 bridgehead atoms. The molecule has 10 heteroatoms. The van der Waals surface area contributed by atoms with Crippen molar-refractivity contribution < 1.29 is 22.7 Å². The van der Waals surface area contributed by atoms with E-state index >= 15 is 0 Å². The van der Waals surface area contributed by atoms with Crippen molar-refractivity contribution in [3.63, 3.8) is 0 Å². The van der Waals surface area contributed by atoms with Crippen LogP contribution >= 0.6 is 11.3 Å². The lowest BCUT2D eigenvalue weighted by atomic mass is 10.2. The van der Waals surface area contributed by atoms with Crippen molar-refractivity contribution in [2.75, 3.05) is 23.3 Å². The van der Waals surface area contributed by atoms with E-state index in [0.717, 1.165) is 11.3 Å². The number of aromatic nitrogens is 1. The van der Waals surface area contributed by atoms with Crippen LogP contribution in [0.3, 0.4) is 0 Å². The van der Waals surface area contributed by atoms with Gasteiger partial charge >= 0.3 is 0 Å². The second-order valence-corrected chi connectivity index (χ2v) is 8.69. The number of benzene rings is 2. The Morgan fingerprint density at radius 1 is 1.07 bits per heavy atom. The highest BCUT2D eigenvalue weighted by atomic mass is 32.2. The average Bonchev–Trinajstić information content (AvgIpc) is 3.14. The third-order valence-electron chi connectivity index (χ3n) is 3.99. The summed E-state index contributed by atoms with van der Waals surface area (Å²) < 4.78 is 38.1. The zero-order valence-electron chi connectivity index (χ0n) is 15.1. The monoisotopic (exact) mass is 431 g/mol. The zero-order chi connectivity index (χ0) is 20.3. The van der Waals surface area contributed by atoms with Crippen molar-refractivity contribution in [2.45, 2.75) is 11.3 Å². The Kier molecular flexibility index (Phi) is 5.36.